The van der Waals surface area contributed by atoms with E-state index in [1.165, 1.54) is 250 Å². The van der Waals surface area contributed by atoms with E-state index < -0.39 is 97.5 Å². The van der Waals surface area contributed by atoms with E-state index in [4.69, 9.17) is 37.0 Å². The lowest BCUT2D eigenvalue weighted by Gasteiger charge is -2.21. The fourth-order valence-electron chi connectivity index (χ4n) is 12.4. The van der Waals surface area contributed by atoms with Crippen molar-refractivity contribution in [3.8, 4) is 0 Å². The maximum atomic E-state index is 13.1. The molecule has 0 aromatic heterocycles. The normalized spacial score (nSPS) is 13.9. The van der Waals surface area contributed by atoms with Crippen LogP contribution in [-0.2, 0) is 65.4 Å². The Morgan fingerprint density at radius 1 is 0.273 bits per heavy atom. The number of carbonyl (C=O) groups is 4. The molecule has 0 saturated carbocycles. The molecular weight excluding hydrogens is 1290 g/mol. The molecule has 99 heavy (non-hydrogen) atoms. The maximum Gasteiger partial charge on any atom is 0.472 e. The summed E-state index contributed by atoms with van der Waals surface area (Å²) in [5, 5.41) is 10.6. The number of phosphoric acid groups is 2. The fourth-order valence-corrected chi connectivity index (χ4v) is 14.0. The van der Waals surface area contributed by atoms with Gasteiger partial charge in [0.25, 0.3) is 0 Å². The van der Waals surface area contributed by atoms with Crippen molar-refractivity contribution in [3.63, 3.8) is 0 Å². The molecule has 0 heterocycles. The van der Waals surface area contributed by atoms with Crippen molar-refractivity contribution in [2.24, 2.45) is 5.92 Å². The van der Waals surface area contributed by atoms with Gasteiger partial charge in [-0.05, 0) is 31.6 Å². The second-order valence-corrected chi connectivity index (χ2v) is 32.2. The van der Waals surface area contributed by atoms with E-state index in [0.29, 0.717) is 25.7 Å². The topological polar surface area (TPSA) is 237 Å². The Morgan fingerprint density at radius 3 is 0.687 bits per heavy atom. The lowest BCUT2D eigenvalue weighted by Crippen LogP contribution is -2.30. The molecule has 17 nitrogen and oxygen atoms in total. The molecule has 19 heteroatoms. The molecule has 2 unspecified atom stereocenters. The van der Waals surface area contributed by atoms with Crippen LogP contribution in [0, 0.1) is 5.92 Å². The number of carbonyl (C=O) groups excluding carboxylic acids is 4. The highest BCUT2D eigenvalue weighted by Crippen LogP contribution is 2.45. The van der Waals surface area contributed by atoms with Gasteiger partial charge in [0.1, 0.15) is 19.3 Å². The molecule has 5 atom stereocenters. The van der Waals surface area contributed by atoms with Crippen LogP contribution in [0.2, 0.25) is 0 Å². The zero-order valence-corrected chi connectivity index (χ0v) is 66.4. The summed E-state index contributed by atoms with van der Waals surface area (Å²) in [6, 6.07) is 0. The predicted octanol–water partition coefficient (Wildman–Crippen LogP) is 24.0. The number of hydrogen-bond donors (Lipinski definition) is 3. The van der Waals surface area contributed by atoms with Gasteiger partial charge >= 0.3 is 39.5 Å². The van der Waals surface area contributed by atoms with Crippen LogP contribution in [0.3, 0.4) is 0 Å². The van der Waals surface area contributed by atoms with E-state index in [1.54, 1.807) is 0 Å². The molecule has 0 aliphatic heterocycles. The van der Waals surface area contributed by atoms with Gasteiger partial charge in [-0.1, -0.05) is 375 Å². The molecule has 0 amide bonds. The maximum absolute atomic E-state index is 13.1. The Bertz CT molecular complexity index is 1890. The van der Waals surface area contributed by atoms with Crippen LogP contribution in [0.5, 0.6) is 0 Å². The summed E-state index contributed by atoms with van der Waals surface area (Å²) in [4.78, 5) is 72.9. The van der Waals surface area contributed by atoms with Crippen molar-refractivity contribution in [2.45, 2.75) is 445 Å². The highest BCUT2D eigenvalue weighted by atomic mass is 31.2. The van der Waals surface area contributed by atoms with Gasteiger partial charge in [0, 0.05) is 25.7 Å². The molecule has 0 rings (SSSR count). The van der Waals surface area contributed by atoms with Crippen molar-refractivity contribution >= 4 is 39.5 Å². The summed E-state index contributed by atoms with van der Waals surface area (Å²) in [6.07, 6.45) is 63.9. The summed E-state index contributed by atoms with van der Waals surface area (Å²) in [6.45, 7) is 7.33. The van der Waals surface area contributed by atoms with Crippen LogP contribution in [0.1, 0.15) is 426 Å². The third-order valence-corrected chi connectivity index (χ3v) is 20.7. The standard InChI is InChI=1S/C80H156O17P2/c1-6-9-12-15-18-21-23-25-26-27-28-29-30-31-32-37-41-46-51-56-61-66-80(85)97-76(70-91-78(83)64-59-54-49-44-40-36-34-33-35-38-43-47-52-57-62-73(4)5)72-95-99(88,89)93-68-74(81)67-92-98(86,87)94-71-75(69-90-77(82)63-58-53-48-42-20-17-14-11-8-3)96-79(84)65-60-55-50-45-39-24-22-19-16-13-10-7-2/h73-76,81H,6-72H2,1-5H3,(H,86,87)(H,88,89)/t74-,75+,76+/m0/s1. The zero-order valence-electron chi connectivity index (χ0n) is 64.6. The summed E-state index contributed by atoms with van der Waals surface area (Å²) in [5.41, 5.74) is 0. The molecule has 0 bridgehead atoms. The van der Waals surface area contributed by atoms with E-state index in [9.17, 15) is 43.2 Å². The first-order valence-electron chi connectivity index (χ1n) is 41.6. The van der Waals surface area contributed by atoms with Gasteiger partial charge in [0.05, 0.1) is 26.4 Å². The molecule has 588 valence electrons. The van der Waals surface area contributed by atoms with E-state index in [-0.39, 0.29) is 25.7 Å². The molecule has 0 spiro atoms. The first-order chi connectivity index (χ1) is 48.0. The monoisotopic (exact) mass is 1450 g/mol. The number of phosphoric ester groups is 2. The summed E-state index contributed by atoms with van der Waals surface area (Å²) >= 11 is 0. The van der Waals surface area contributed by atoms with Crippen molar-refractivity contribution in [2.75, 3.05) is 39.6 Å². The summed E-state index contributed by atoms with van der Waals surface area (Å²) in [5.74, 6) is -1.31. The Labute approximate surface area is 607 Å². The Kier molecular flexibility index (Phi) is 71.6. The largest absolute Gasteiger partial charge is 0.472 e. The Balaban J connectivity index is 5.20. The van der Waals surface area contributed by atoms with Crippen molar-refractivity contribution in [1.29, 1.82) is 0 Å². The number of ether oxygens (including phenoxy) is 4. The second kappa shape index (κ2) is 73.0. The van der Waals surface area contributed by atoms with Gasteiger partial charge in [-0.15, -0.1) is 0 Å². The lowest BCUT2D eigenvalue weighted by molar-refractivity contribution is -0.161. The van der Waals surface area contributed by atoms with Crippen LogP contribution >= 0.6 is 15.6 Å². The summed E-state index contributed by atoms with van der Waals surface area (Å²) < 4.78 is 68.6. The molecule has 0 aromatic rings. The lowest BCUT2D eigenvalue weighted by atomic mass is 10.0. The number of hydrogen-bond acceptors (Lipinski definition) is 15. The molecule has 0 aromatic carbocycles. The smallest absolute Gasteiger partial charge is 0.462 e. The predicted molar refractivity (Wildman–Crippen MR) is 405 cm³/mol. The molecule has 0 aliphatic rings. The number of unbranched alkanes of at least 4 members (excludes halogenated alkanes) is 52. The minimum atomic E-state index is -4.96. The van der Waals surface area contributed by atoms with E-state index in [0.717, 1.165) is 95.8 Å². The average Bonchev–Trinajstić information content (AvgIpc) is 1.04. The second-order valence-electron chi connectivity index (χ2n) is 29.3. The van der Waals surface area contributed by atoms with Crippen molar-refractivity contribution in [1.82, 2.24) is 0 Å². The van der Waals surface area contributed by atoms with Gasteiger partial charge < -0.3 is 33.8 Å². The minimum absolute atomic E-state index is 0.108. The molecule has 0 fully saturated rings. The van der Waals surface area contributed by atoms with Crippen LogP contribution in [-0.4, -0.2) is 96.7 Å². The minimum Gasteiger partial charge on any atom is -0.462 e. The number of aliphatic hydroxyl groups is 1. The fraction of sp³-hybridized carbons (Fsp3) is 0.950. The Hall–Kier alpha value is -1.94. The number of esters is 4. The van der Waals surface area contributed by atoms with Gasteiger partial charge in [0.2, 0.25) is 0 Å². The summed E-state index contributed by atoms with van der Waals surface area (Å²) in [7, 11) is -9.91. The van der Waals surface area contributed by atoms with Gasteiger partial charge in [-0.3, -0.25) is 37.3 Å². The first kappa shape index (κ1) is 97.1. The number of aliphatic hydroxyl groups excluding tert-OH is 1. The quantitative estimate of drug-likeness (QED) is 0.0222. The third kappa shape index (κ3) is 74.1. The van der Waals surface area contributed by atoms with Gasteiger partial charge in [-0.2, -0.15) is 0 Å². The van der Waals surface area contributed by atoms with E-state index in [2.05, 4.69) is 34.6 Å². The Morgan fingerprint density at radius 2 is 0.465 bits per heavy atom. The molecule has 3 N–H and O–H groups in total. The van der Waals surface area contributed by atoms with Gasteiger partial charge in [-0.25, -0.2) is 9.13 Å². The number of rotatable bonds is 80. The zero-order chi connectivity index (χ0) is 72.7. The highest BCUT2D eigenvalue weighted by Gasteiger charge is 2.30. The van der Waals surface area contributed by atoms with Crippen LogP contribution in [0.15, 0.2) is 0 Å². The first-order valence-corrected chi connectivity index (χ1v) is 44.6. The molecule has 0 aliphatic carbocycles. The van der Waals surface area contributed by atoms with E-state index in [1.807, 2.05) is 0 Å². The van der Waals surface area contributed by atoms with E-state index >= 15 is 0 Å². The van der Waals surface area contributed by atoms with Crippen molar-refractivity contribution < 1.29 is 80.2 Å². The highest BCUT2D eigenvalue weighted by molar-refractivity contribution is 7.47. The van der Waals surface area contributed by atoms with Crippen LogP contribution in [0.25, 0.3) is 0 Å². The third-order valence-electron chi connectivity index (χ3n) is 18.8. The van der Waals surface area contributed by atoms with Crippen LogP contribution < -0.4 is 0 Å². The average molecular weight is 1450 g/mol. The molecule has 0 saturated heterocycles. The SMILES string of the molecule is CCCCCCCCCCCCCCCCCCCCCCCC(=O)O[C@H](COC(=O)CCCCCCCCCCCCCCCCC(C)C)COP(=O)(O)OC[C@@H](O)COP(=O)(O)OC[C@@H](COC(=O)CCCCCCCCCCC)OC(=O)CCCCCCCCCCCCCC. The molecular formula is C80H156O17P2. The van der Waals surface area contributed by atoms with Crippen molar-refractivity contribution in [3.05, 3.63) is 0 Å². The molecule has 0 radical (unpaired) electrons. The van der Waals surface area contributed by atoms with Crippen LogP contribution in [0.4, 0.5) is 0 Å². The van der Waals surface area contributed by atoms with Gasteiger partial charge in [0.15, 0.2) is 12.2 Å².